The zero-order chi connectivity index (χ0) is 16.7. The number of hydrogen-bond acceptors (Lipinski definition) is 4. The van der Waals surface area contributed by atoms with Gasteiger partial charge in [-0.3, -0.25) is 0 Å². The highest BCUT2D eigenvalue weighted by Crippen LogP contribution is 2.25. The van der Waals surface area contributed by atoms with Gasteiger partial charge in [0.15, 0.2) is 5.82 Å². The molecule has 0 atom stereocenters. The van der Waals surface area contributed by atoms with E-state index in [1.165, 1.54) is 22.3 Å². The number of aromatic nitrogens is 4. The number of rotatable bonds is 3. The lowest BCUT2D eigenvalue weighted by Gasteiger charge is -2.03. The van der Waals surface area contributed by atoms with Crippen molar-refractivity contribution in [3.8, 4) is 11.4 Å². The van der Waals surface area contributed by atoms with Gasteiger partial charge in [0.2, 0.25) is 4.96 Å². The summed E-state index contributed by atoms with van der Waals surface area (Å²) in [6.07, 6.45) is 0.822. The van der Waals surface area contributed by atoms with Crippen LogP contribution in [0.3, 0.4) is 0 Å². The number of fused-ring (bicyclic) bond motifs is 1. The summed E-state index contributed by atoms with van der Waals surface area (Å²) in [6, 6.07) is 14.8. The Kier molecular flexibility index (Phi) is 3.65. The Morgan fingerprint density at radius 2 is 1.75 bits per heavy atom. The van der Waals surface area contributed by atoms with Gasteiger partial charge in [0.05, 0.1) is 0 Å². The minimum Gasteiger partial charge on any atom is -0.183 e. The quantitative estimate of drug-likeness (QED) is 0.559. The molecule has 120 valence electrons. The van der Waals surface area contributed by atoms with E-state index in [1.54, 1.807) is 11.3 Å². The molecule has 0 radical (unpaired) electrons. The average Bonchev–Trinajstić information content (AvgIpc) is 3.12. The lowest BCUT2D eigenvalue weighted by atomic mass is 10.0. The normalized spacial score (nSPS) is 11.3. The molecule has 0 saturated carbocycles. The van der Waals surface area contributed by atoms with Crippen LogP contribution >= 0.6 is 11.3 Å². The first-order valence-electron chi connectivity index (χ1n) is 7.95. The molecule has 0 aliphatic carbocycles. The van der Waals surface area contributed by atoms with E-state index in [1.807, 2.05) is 16.6 Å². The van der Waals surface area contributed by atoms with E-state index < -0.39 is 0 Å². The minimum absolute atomic E-state index is 0.811. The topological polar surface area (TPSA) is 43.1 Å². The van der Waals surface area contributed by atoms with Crippen molar-refractivity contribution in [2.24, 2.45) is 0 Å². The second-order valence-electron chi connectivity index (χ2n) is 6.12. The van der Waals surface area contributed by atoms with Crippen LogP contribution in [0.4, 0.5) is 0 Å². The van der Waals surface area contributed by atoms with Crippen LogP contribution in [0.15, 0.2) is 42.5 Å². The molecular formula is C19H18N4S. The van der Waals surface area contributed by atoms with Crippen molar-refractivity contribution in [3.05, 3.63) is 69.7 Å². The molecule has 0 bridgehead atoms. The van der Waals surface area contributed by atoms with Crippen LogP contribution in [0.25, 0.3) is 16.3 Å². The lowest BCUT2D eigenvalue weighted by Crippen LogP contribution is -1.95. The van der Waals surface area contributed by atoms with E-state index in [4.69, 9.17) is 5.10 Å². The van der Waals surface area contributed by atoms with Gasteiger partial charge in [-0.1, -0.05) is 53.8 Å². The molecule has 2 heterocycles. The van der Waals surface area contributed by atoms with Gasteiger partial charge in [-0.05, 0) is 43.0 Å². The lowest BCUT2D eigenvalue weighted by molar-refractivity contribution is 0.916. The number of benzene rings is 2. The summed E-state index contributed by atoms with van der Waals surface area (Å²) in [4.78, 5) is 0.840. The van der Waals surface area contributed by atoms with E-state index in [-0.39, 0.29) is 0 Å². The Bertz CT molecular complexity index is 1030. The van der Waals surface area contributed by atoms with Crippen molar-refractivity contribution in [1.82, 2.24) is 19.8 Å². The fourth-order valence-corrected chi connectivity index (χ4v) is 3.68. The Morgan fingerprint density at radius 3 is 2.54 bits per heavy atom. The number of aryl methyl sites for hydroxylation is 3. The summed E-state index contributed by atoms with van der Waals surface area (Å²) >= 11 is 1.60. The van der Waals surface area contributed by atoms with E-state index >= 15 is 0 Å². The van der Waals surface area contributed by atoms with Gasteiger partial charge in [0.25, 0.3) is 0 Å². The maximum atomic E-state index is 4.75. The van der Waals surface area contributed by atoms with Gasteiger partial charge in [0, 0.05) is 12.0 Å². The number of hydrogen-bond donors (Lipinski definition) is 0. The Hall–Kier alpha value is -2.53. The Morgan fingerprint density at radius 1 is 0.917 bits per heavy atom. The predicted octanol–water partition coefficient (Wildman–Crippen LogP) is 4.37. The van der Waals surface area contributed by atoms with Gasteiger partial charge in [-0.25, -0.2) is 0 Å². The SMILES string of the molecule is Cc1ccc(Cc2nn3c(-c4ccccc4C)nnc3s2)cc1C. The fourth-order valence-electron chi connectivity index (χ4n) is 2.81. The van der Waals surface area contributed by atoms with Crippen molar-refractivity contribution in [1.29, 1.82) is 0 Å². The molecule has 4 aromatic rings. The van der Waals surface area contributed by atoms with Crippen molar-refractivity contribution >= 4 is 16.3 Å². The largest absolute Gasteiger partial charge is 0.234 e. The zero-order valence-electron chi connectivity index (χ0n) is 13.9. The van der Waals surface area contributed by atoms with Gasteiger partial charge in [-0.2, -0.15) is 9.61 Å². The van der Waals surface area contributed by atoms with E-state index in [0.29, 0.717) is 0 Å². The molecule has 0 fully saturated rings. The molecule has 4 rings (SSSR count). The molecule has 2 aromatic carbocycles. The summed E-state index contributed by atoms with van der Waals surface area (Å²) in [5.41, 5.74) is 6.17. The van der Waals surface area contributed by atoms with Crippen LogP contribution in [0.1, 0.15) is 27.3 Å². The van der Waals surface area contributed by atoms with Crippen LogP contribution in [0, 0.1) is 20.8 Å². The zero-order valence-corrected chi connectivity index (χ0v) is 14.8. The maximum absolute atomic E-state index is 4.75. The second-order valence-corrected chi connectivity index (χ2v) is 7.16. The first-order valence-corrected chi connectivity index (χ1v) is 8.77. The maximum Gasteiger partial charge on any atom is 0.234 e. The molecule has 0 amide bonds. The monoisotopic (exact) mass is 334 g/mol. The molecule has 24 heavy (non-hydrogen) atoms. The smallest absolute Gasteiger partial charge is 0.183 e. The van der Waals surface area contributed by atoms with Crippen molar-refractivity contribution in [2.45, 2.75) is 27.2 Å². The summed E-state index contributed by atoms with van der Waals surface area (Å²) < 4.78 is 1.86. The van der Waals surface area contributed by atoms with Gasteiger partial charge >= 0.3 is 0 Å². The standard InChI is InChI=1S/C19H18N4S/c1-12-8-9-15(10-14(12)3)11-17-22-23-18(20-21-19(23)24-17)16-7-5-4-6-13(16)2/h4-10H,11H2,1-3H3. The average molecular weight is 334 g/mol. The molecule has 4 nitrogen and oxygen atoms in total. The van der Waals surface area contributed by atoms with E-state index in [0.717, 1.165) is 27.8 Å². The molecule has 0 N–H and O–H groups in total. The summed E-state index contributed by atoms with van der Waals surface area (Å²) in [6.45, 7) is 6.36. The highest BCUT2D eigenvalue weighted by Gasteiger charge is 2.15. The highest BCUT2D eigenvalue weighted by molar-refractivity contribution is 7.16. The highest BCUT2D eigenvalue weighted by atomic mass is 32.1. The number of nitrogens with zero attached hydrogens (tertiary/aromatic N) is 4. The fraction of sp³-hybridized carbons (Fsp3) is 0.211. The molecule has 0 unspecified atom stereocenters. The van der Waals surface area contributed by atoms with Crippen molar-refractivity contribution < 1.29 is 0 Å². The first-order chi connectivity index (χ1) is 11.6. The molecule has 0 aliphatic heterocycles. The molecule has 2 aromatic heterocycles. The molecule has 5 heteroatoms. The summed E-state index contributed by atoms with van der Waals surface area (Å²) in [7, 11) is 0. The van der Waals surface area contributed by atoms with Crippen LogP contribution in [0.2, 0.25) is 0 Å². The molecular weight excluding hydrogens is 316 g/mol. The summed E-state index contributed by atoms with van der Waals surface area (Å²) in [5, 5.41) is 14.4. The second kappa shape index (κ2) is 5.83. The third-order valence-corrected chi connectivity index (χ3v) is 5.24. The third-order valence-electron chi connectivity index (χ3n) is 4.35. The molecule has 0 spiro atoms. The van der Waals surface area contributed by atoms with Gasteiger partial charge in [0.1, 0.15) is 5.01 Å². The summed E-state index contributed by atoms with van der Waals surface area (Å²) in [5.74, 6) is 0.811. The van der Waals surface area contributed by atoms with Gasteiger partial charge in [-0.15, -0.1) is 10.2 Å². The van der Waals surface area contributed by atoms with Crippen LogP contribution in [-0.2, 0) is 6.42 Å². The van der Waals surface area contributed by atoms with Crippen molar-refractivity contribution in [3.63, 3.8) is 0 Å². The van der Waals surface area contributed by atoms with Gasteiger partial charge < -0.3 is 0 Å². The van der Waals surface area contributed by atoms with Crippen LogP contribution in [0.5, 0.6) is 0 Å². The van der Waals surface area contributed by atoms with E-state index in [2.05, 4.69) is 61.3 Å². The van der Waals surface area contributed by atoms with Crippen LogP contribution in [-0.4, -0.2) is 19.8 Å². The third kappa shape index (κ3) is 2.61. The first kappa shape index (κ1) is 15.0. The van der Waals surface area contributed by atoms with Crippen LogP contribution < -0.4 is 0 Å². The predicted molar refractivity (Wildman–Crippen MR) is 97.6 cm³/mol. The molecule has 0 aliphatic rings. The van der Waals surface area contributed by atoms with E-state index in [9.17, 15) is 0 Å². The molecule has 0 saturated heterocycles. The minimum atomic E-state index is 0.811. The Labute approximate surface area is 144 Å². The van der Waals surface area contributed by atoms with Crippen molar-refractivity contribution in [2.75, 3.05) is 0 Å². The Balaban J connectivity index is 1.72.